The smallest absolute Gasteiger partial charge is 0.253 e. The van der Waals surface area contributed by atoms with Crippen molar-refractivity contribution in [2.45, 2.75) is 12.0 Å². The molecule has 124 valence electrons. The van der Waals surface area contributed by atoms with Crippen molar-refractivity contribution in [3.63, 3.8) is 0 Å². The molecular weight excluding hydrogens is 316 g/mol. The number of nitrogens with zero attached hydrogens (tertiary/aromatic N) is 1. The summed E-state index contributed by atoms with van der Waals surface area (Å²) in [5.41, 5.74) is -0.723. The van der Waals surface area contributed by atoms with Crippen molar-refractivity contribution in [1.29, 1.82) is 0 Å². The van der Waals surface area contributed by atoms with E-state index in [1.165, 1.54) is 41.3 Å². The molecule has 1 aliphatic rings. The number of aldehydes is 1. The summed E-state index contributed by atoms with van der Waals surface area (Å²) in [7, 11) is 0. The maximum atomic E-state index is 13.4. The van der Waals surface area contributed by atoms with Crippen LogP contribution in [0.15, 0.2) is 42.5 Å². The number of hydrogen-bond donors (Lipinski definition) is 1. The largest absolute Gasteiger partial charge is 0.383 e. The summed E-state index contributed by atoms with van der Waals surface area (Å²) < 4.78 is 26.4. The van der Waals surface area contributed by atoms with Gasteiger partial charge in [-0.1, -0.05) is 12.1 Å². The average Bonchev–Trinajstić information content (AvgIpc) is 2.99. The lowest BCUT2D eigenvalue weighted by molar-refractivity contribution is 0.0417. The zero-order chi connectivity index (χ0) is 17.3. The van der Waals surface area contributed by atoms with Gasteiger partial charge >= 0.3 is 0 Å². The summed E-state index contributed by atoms with van der Waals surface area (Å²) in [6.45, 7) is 0.353. The van der Waals surface area contributed by atoms with E-state index < -0.39 is 23.1 Å². The molecule has 1 unspecified atom stereocenters. The van der Waals surface area contributed by atoms with Crippen molar-refractivity contribution >= 4 is 12.2 Å². The monoisotopic (exact) mass is 331 g/mol. The topological polar surface area (TPSA) is 57.6 Å². The number of rotatable bonds is 3. The first-order valence-electron chi connectivity index (χ1n) is 7.45. The number of carbonyl (C=O) groups is 2. The molecule has 0 spiro atoms. The van der Waals surface area contributed by atoms with Crippen molar-refractivity contribution in [3.8, 4) is 0 Å². The second-order valence-corrected chi connectivity index (χ2v) is 5.87. The van der Waals surface area contributed by atoms with Crippen LogP contribution >= 0.6 is 0 Å². The van der Waals surface area contributed by atoms with E-state index in [9.17, 15) is 23.5 Å². The van der Waals surface area contributed by atoms with E-state index in [0.29, 0.717) is 24.8 Å². The second-order valence-electron chi connectivity index (χ2n) is 5.87. The highest BCUT2D eigenvalue weighted by atomic mass is 19.1. The van der Waals surface area contributed by atoms with Crippen LogP contribution in [0.1, 0.15) is 32.7 Å². The van der Waals surface area contributed by atoms with Crippen molar-refractivity contribution in [2.75, 3.05) is 13.1 Å². The zero-order valence-corrected chi connectivity index (χ0v) is 12.7. The number of benzene rings is 2. The molecule has 0 bridgehead atoms. The fourth-order valence-electron chi connectivity index (χ4n) is 2.91. The van der Waals surface area contributed by atoms with Crippen LogP contribution in [0.25, 0.3) is 0 Å². The molecule has 2 aromatic carbocycles. The number of β-amino-alcohol motifs (C(OH)–C–C–N with tert-alkyl or cyclic N) is 1. The van der Waals surface area contributed by atoms with Gasteiger partial charge < -0.3 is 10.0 Å². The molecule has 2 aromatic rings. The van der Waals surface area contributed by atoms with Crippen molar-refractivity contribution < 1.29 is 23.5 Å². The Kier molecular flexibility index (Phi) is 4.15. The Morgan fingerprint density at radius 1 is 1.17 bits per heavy atom. The average molecular weight is 331 g/mol. The van der Waals surface area contributed by atoms with Crippen LogP contribution in [-0.4, -0.2) is 35.3 Å². The van der Waals surface area contributed by atoms with Gasteiger partial charge in [0.05, 0.1) is 12.1 Å². The molecule has 1 aliphatic heterocycles. The van der Waals surface area contributed by atoms with Crippen molar-refractivity contribution in [3.05, 3.63) is 70.8 Å². The molecule has 3 rings (SSSR count). The fraction of sp³-hybridized carbons (Fsp3) is 0.222. The number of likely N-dealkylation sites (tertiary alicyclic amines) is 1. The predicted octanol–water partition coefficient (Wildman–Crippen LogP) is 2.51. The van der Waals surface area contributed by atoms with Crippen LogP contribution in [0.3, 0.4) is 0 Å². The Hall–Kier alpha value is -2.60. The van der Waals surface area contributed by atoms with Gasteiger partial charge in [-0.25, -0.2) is 8.78 Å². The van der Waals surface area contributed by atoms with Crippen molar-refractivity contribution in [1.82, 2.24) is 4.90 Å². The first-order chi connectivity index (χ1) is 11.4. The number of carbonyl (C=O) groups excluding carboxylic acids is 2. The van der Waals surface area contributed by atoms with E-state index in [-0.39, 0.29) is 17.7 Å². The summed E-state index contributed by atoms with van der Waals surface area (Å²) in [6.07, 6.45) is 0.664. The zero-order valence-electron chi connectivity index (χ0n) is 12.7. The van der Waals surface area contributed by atoms with E-state index in [1.807, 2.05) is 0 Å². The van der Waals surface area contributed by atoms with E-state index in [2.05, 4.69) is 0 Å². The molecular formula is C18H15F2NO3. The molecule has 4 nitrogen and oxygen atoms in total. The standard InChI is InChI=1S/C18H15F2NO3/c19-15-4-2-14(3-5-15)18(24)7-8-21(11-18)17(23)12-1-6-16(20)13(9-12)10-22/h1-6,9-10,24H,7-8,11H2. The van der Waals surface area contributed by atoms with E-state index in [4.69, 9.17) is 0 Å². The van der Waals surface area contributed by atoms with Crippen LogP contribution in [-0.2, 0) is 5.60 Å². The molecule has 0 aliphatic carbocycles. The number of aliphatic hydroxyl groups is 1. The summed E-state index contributed by atoms with van der Waals surface area (Å²) in [5.74, 6) is -1.48. The lowest BCUT2D eigenvalue weighted by atomic mass is 9.93. The van der Waals surface area contributed by atoms with Gasteiger partial charge in [-0.2, -0.15) is 0 Å². The lowest BCUT2D eigenvalue weighted by Gasteiger charge is -2.24. The number of halogens is 2. The third-order valence-corrected chi connectivity index (χ3v) is 4.29. The molecule has 1 amide bonds. The molecule has 6 heteroatoms. The molecule has 1 fully saturated rings. The van der Waals surface area contributed by atoms with Gasteiger partial charge in [0.1, 0.15) is 17.2 Å². The summed E-state index contributed by atoms with van der Waals surface area (Å²) >= 11 is 0. The maximum Gasteiger partial charge on any atom is 0.253 e. The molecule has 1 N–H and O–H groups in total. The van der Waals surface area contributed by atoms with Crippen LogP contribution in [0, 0.1) is 11.6 Å². The van der Waals surface area contributed by atoms with Crippen LogP contribution in [0.5, 0.6) is 0 Å². The number of hydrogen-bond acceptors (Lipinski definition) is 3. The molecule has 24 heavy (non-hydrogen) atoms. The molecule has 1 saturated heterocycles. The van der Waals surface area contributed by atoms with E-state index in [1.54, 1.807) is 0 Å². The first kappa shape index (κ1) is 16.3. The summed E-state index contributed by atoms with van der Waals surface area (Å²) in [4.78, 5) is 24.8. The molecule has 0 saturated carbocycles. The van der Waals surface area contributed by atoms with Crippen LogP contribution < -0.4 is 0 Å². The quantitative estimate of drug-likeness (QED) is 0.879. The highest BCUT2D eigenvalue weighted by molar-refractivity contribution is 5.96. The molecule has 1 heterocycles. The molecule has 0 radical (unpaired) electrons. The third kappa shape index (κ3) is 2.92. The summed E-state index contributed by atoms with van der Waals surface area (Å²) in [5, 5.41) is 10.7. The first-order valence-corrected chi connectivity index (χ1v) is 7.45. The molecule has 1 atom stereocenters. The SMILES string of the molecule is O=Cc1cc(C(=O)N2CCC(O)(c3ccc(F)cc3)C2)ccc1F. The van der Waals surface area contributed by atoms with Gasteiger partial charge in [-0.15, -0.1) is 0 Å². The van der Waals surface area contributed by atoms with Crippen LogP contribution in [0.4, 0.5) is 8.78 Å². The minimum Gasteiger partial charge on any atom is -0.383 e. The van der Waals surface area contributed by atoms with Gasteiger partial charge in [0, 0.05) is 12.1 Å². The number of amides is 1. The van der Waals surface area contributed by atoms with Gasteiger partial charge in [-0.05, 0) is 42.3 Å². The second kappa shape index (κ2) is 6.13. The lowest BCUT2D eigenvalue weighted by Crippen LogP contribution is -2.34. The minimum atomic E-state index is -1.25. The Bertz CT molecular complexity index is 791. The highest BCUT2D eigenvalue weighted by Gasteiger charge is 2.39. The van der Waals surface area contributed by atoms with Crippen LogP contribution in [0.2, 0.25) is 0 Å². The van der Waals surface area contributed by atoms with Gasteiger partial charge in [0.25, 0.3) is 5.91 Å². The van der Waals surface area contributed by atoms with Gasteiger partial charge in [0.15, 0.2) is 6.29 Å². The van der Waals surface area contributed by atoms with Gasteiger partial charge in [0.2, 0.25) is 0 Å². The maximum absolute atomic E-state index is 13.4. The molecule has 0 aromatic heterocycles. The van der Waals surface area contributed by atoms with E-state index in [0.717, 1.165) is 6.07 Å². The minimum absolute atomic E-state index is 0.0469. The normalized spacial score (nSPS) is 20.2. The third-order valence-electron chi connectivity index (χ3n) is 4.29. The Balaban J connectivity index is 1.81. The predicted molar refractivity (Wildman–Crippen MR) is 82.6 cm³/mol. The Morgan fingerprint density at radius 3 is 2.54 bits per heavy atom. The summed E-state index contributed by atoms with van der Waals surface area (Å²) in [6, 6.07) is 9.07. The Labute approximate surface area is 137 Å². The van der Waals surface area contributed by atoms with E-state index >= 15 is 0 Å². The highest BCUT2D eigenvalue weighted by Crippen LogP contribution is 2.32. The van der Waals surface area contributed by atoms with Gasteiger partial charge in [-0.3, -0.25) is 9.59 Å². The van der Waals surface area contributed by atoms with Crippen molar-refractivity contribution in [2.24, 2.45) is 0 Å². The fourth-order valence-corrected chi connectivity index (χ4v) is 2.91. The Morgan fingerprint density at radius 2 is 1.88 bits per heavy atom.